The lowest BCUT2D eigenvalue weighted by Crippen LogP contribution is -2.61. The topological polar surface area (TPSA) is 231 Å². The summed E-state index contributed by atoms with van der Waals surface area (Å²) in [6.07, 6.45) is 28.2. The number of carbonyl (C=O) groups excluding carboxylic acids is 2. The Balaban J connectivity index is 1.84. The highest BCUT2D eigenvalue weighted by Crippen LogP contribution is 2.26. The van der Waals surface area contributed by atoms with Crippen LogP contribution < -0.4 is 0 Å². The van der Waals surface area contributed by atoms with E-state index in [4.69, 9.17) is 28.4 Å². The van der Waals surface area contributed by atoms with Crippen molar-refractivity contribution in [3.63, 3.8) is 0 Å². The number of esters is 2. The van der Waals surface area contributed by atoms with E-state index in [1.54, 1.807) is 0 Å². The SMILES string of the molecule is CCCCC/C=C/C/C=C/CCCCCCCC(=O)O[C@@H](COC(=O)CCC/C=C/C/C=C/C/C=C/CCCCCCCC)CO[C@@H]1O[C@H](CO[C@@H]2O[C@H](CO)[C@H](O)C(O)C2O)[C@H](O)C(O)C1O. The molecule has 0 radical (unpaired) electrons. The number of ether oxygens (including phenoxy) is 6. The molecule has 2 heterocycles. The maximum Gasteiger partial charge on any atom is 0.306 e. The second kappa shape index (κ2) is 39.9. The van der Waals surface area contributed by atoms with Crippen LogP contribution in [0.2, 0.25) is 0 Å². The van der Waals surface area contributed by atoms with Crippen LogP contribution in [0.5, 0.6) is 0 Å². The second-order valence-corrected chi connectivity index (χ2v) is 18.0. The van der Waals surface area contributed by atoms with Crippen LogP contribution in [0.3, 0.4) is 0 Å². The third kappa shape index (κ3) is 27.6. The largest absolute Gasteiger partial charge is 0.462 e. The van der Waals surface area contributed by atoms with Gasteiger partial charge >= 0.3 is 11.9 Å². The maximum absolute atomic E-state index is 13.0. The van der Waals surface area contributed by atoms with E-state index in [0.717, 1.165) is 64.2 Å². The molecule has 0 aromatic rings. The second-order valence-electron chi connectivity index (χ2n) is 18.0. The molecular formula is C53H90O15. The van der Waals surface area contributed by atoms with Gasteiger partial charge in [-0.3, -0.25) is 9.59 Å². The van der Waals surface area contributed by atoms with Crippen molar-refractivity contribution >= 4 is 11.9 Å². The molecule has 0 saturated carbocycles. The third-order valence-corrected chi connectivity index (χ3v) is 12.0. The van der Waals surface area contributed by atoms with Gasteiger partial charge in [-0.05, 0) is 77.0 Å². The van der Waals surface area contributed by atoms with Crippen molar-refractivity contribution < 1.29 is 73.8 Å². The van der Waals surface area contributed by atoms with Gasteiger partial charge in [-0.2, -0.15) is 0 Å². The third-order valence-electron chi connectivity index (χ3n) is 12.0. The molecule has 0 spiro atoms. The summed E-state index contributed by atoms with van der Waals surface area (Å²) in [7, 11) is 0. The standard InChI is InChI=1S/C53H90O15/c1-3-5-7-9-11-13-15-17-19-20-22-23-25-27-29-31-33-35-44(55)63-38-41(66-45(56)36-34-32-30-28-26-24-21-18-16-14-12-10-8-6-4-2)39-64-52-51(62)49(60)47(58)43(68-52)40-65-53-50(61)48(59)46(57)42(37-54)67-53/h12,14,17-19,21-23,27,29,41-43,46-54,57-62H,3-11,13,15-16,20,24-26,28,30-40H2,1-2H3/b14-12+,19-17+,21-18+,23-22+,29-27+/t41-,42+,43+,46-,47-,48?,49?,50?,51?,52+,53+/m0/s1. The van der Waals surface area contributed by atoms with Crippen LogP contribution >= 0.6 is 0 Å². The molecule has 7 N–H and O–H groups in total. The minimum Gasteiger partial charge on any atom is -0.462 e. The van der Waals surface area contributed by atoms with Gasteiger partial charge in [0.15, 0.2) is 18.7 Å². The van der Waals surface area contributed by atoms with E-state index in [0.29, 0.717) is 19.3 Å². The quantitative estimate of drug-likeness (QED) is 0.0183. The summed E-state index contributed by atoms with van der Waals surface area (Å²) in [6, 6.07) is 0. The fraction of sp³-hybridized carbons (Fsp3) is 0.774. The molecule has 2 rings (SSSR count). The first-order valence-corrected chi connectivity index (χ1v) is 25.9. The van der Waals surface area contributed by atoms with Crippen molar-refractivity contribution in [3.05, 3.63) is 60.8 Å². The smallest absolute Gasteiger partial charge is 0.306 e. The molecule has 2 saturated heterocycles. The van der Waals surface area contributed by atoms with Crippen LogP contribution in [0.4, 0.5) is 0 Å². The highest BCUT2D eigenvalue weighted by atomic mass is 16.7. The van der Waals surface area contributed by atoms with Gasteiger partial charge < -0.3 is 64.2 Å². The van der Waals surface area contributed by atoms with E-state index >= 15 is 0 Å². The fourth-order valence-corrected chi connectivity index (χ4v) is 7.67. The van der Waals surface area contributed by atoms with Crippen LogP contribution in [0.1, 0.15) is 168 Å². The van der Waals surface area contributed by atoms with Gasteiger partial charge in [0.2, 0.25) is 0 Å². The Labute approximate surface area is 407 Å². The van der Waals surface area contributed by atoms with Gasteiger partial charge in [0, 0.05) is 12.8 Å². The number of rotatable bonds is 39. The number of hydrogen-bond acceptors (Lipinski definition) is 15. The van der Waals surface area contributed by atoms with E-state index in [9.17, 15) is 45.3 Å². The molecule has 0 aromatic heterocycles. The summed E-state index contributed by atoms with van der Waals surface area (Å²) < 4.78 is 33.5. The van der Waals surface area contributed by atoms with Crippen LogP contribution in [0.25, 0.3) is 0 Å². The normalized spacial score (nSPS) is 26.2. The molecule has 2 aliphatic heterocycles. The van der Waals surface area contributed by atoms with Crippen molar-refractivity contribution in [2.45, 2.75) is 235 Å². The molecule has 68 heavy (non-hydrogen) atoms. The summed E-state index contributed by atoms with van der Waals surface area (Å²) in [6.45, 7) is 2.48. The number of hydrogen-bond donors (Lipinski definition) is 7. The van der Waals surface area contributed by atoms with E-state index in [-0.39, 0.29) is 19.4 Å². The molecule has 0 aromatic carbocycles. The molecule has 2 aliphatic rings. The molecule has 4 unspecified atom stereocenters. The Morgan fingerprint density at radius 3 is 1.46 bits per heavy atom. The minimum absolute atomic E-state index is 0.136. The Kier molecular flexibility index (Phi) is 36.0. The zero-order chi connectivity index (χ0) is 49.6. The van der Waals surface area contributed by atoms with Crippen LogP contribution in [-0.2, 0) is 38.0 Å². The van der Waals surface area contributed by atoms with Crippen molar-refractivity contribution in [3.8, 4) is 0 Å². The summed E-state index contributed by atoms with van der Waals surface area (Å²) in [5, 5.41) is 72.1. The first kappa shape index (κ1) is 61.3. The number of allylic oxidation sites excluding steroid dienone is 10. The van der Waals surface area contributed by atoms with Crippen LogP contribution in [-0.4, -0.2) is 142 Å². The number of aliphatic hydroxyl groups is 7. The van der Waals surface area contributed by atoms with Gasteiger partial charge in [0.25, 0.3) is 0 Å². The van der Waals surface area contributed by atoms with Gasteiger partial charge in [-0.1, -0.05) is 139 Å². The van der Waals surface area contributed by atoms with E-state index in [2.05, 4.69) is 68.5 Å². The molecule has 392 valence electrons. The van der Waals surface area contributed by atoms with Gasteiger partial charge in [-0.25, -0.2) is 0 Å². The van der Waals surface area contributed by atoms with Gasteiger partial charge in [-0.15, -0.1) is 0 Å². The monoisotopic (exact) mass is 967 g/mol. The zero-order valence-electron chi connectivity index (χ0n) is 41.3. The predicted molar refractivity (Wildman–Crippen MR) is 261 cm³/mol. The Hall–Kier alpha value is -2.80. The average Bonchev–Trinajstić information content (AvgIpc) is 3.33. The molecule has 11 atom stereocenters. The van der Waals surface area contributed by atoms with Gasteiger partial charge in [0.05, 0.1) is 19.8 Å². The molecule has 0 amide bonds. The number of aliphatic hydroxyl groups excluding tert-OH is 7. The molecular weight excluding hydrogens is 877 g/mol. The Morgan fingerprint density at radius 1 is 0.471 bits per heavy atom. The summed E-state index contributed by atoms with van der Waals surface area (Å²) in [4.78, 5) is 25.7. The first-order valence-electron chi connectivity index (χ1n) is 25.9. The lowest BCUT2D eigenvalue weighted by atomic mass is 9.98. The summed E-state index contributed by atoms with van der Waals surface area (Å²) in [5.74, 6) is -1.01. The lowest BCUT2D eigenvalue weighted by Gasteiger charge is -2.42. The lowest BCUT2D eigenvalue weighted by molar-refractivity contribution is -0.332. The molecule has 15 nitrogen and oxygen atoms in total. The highest BCUT2D eigenvalue weighted by molar-refractivity contribution is 5.70. The van der Waals surface area contributed by atoms with Gasteiger partial charge in [0.1, 0.15) is 55.4 Å². The van der Waals surface area contributed by atoms with Crippen molar-refractivity contribution in [2.75, 3.05) is 26.4 Å². The van der Waals surface area contributed by atoms with Crippen molar-refractivity contribution in [1.82, 2.24) is 0 Å². The van der Waals surface area contributed by atoms with Crippen LogP contribution in [0.15, 0.2) is 60.8 Å². The Bertz CT molecular complexity index is 1420. The zero-order valence-corrected chi connectivity index (χ0v) is 41.3. The van der Waals surface area contributed by atoms with E-state index < -0.39 is 99.3 Å². The van der Waals surface area contributed by atoms with Crippen molar-refractivity contribution in [1.29, 1.82) is 0 Å². The molecule has 0 aliphatic carbocycles. The van der Waals surface area contributed by atoms with Crippen LogP contribution in [0, 0.1) is 0 Å². The maximum atomic E-state index is 13.0. The highest BCUT2D eigenvalue weighted by Gasteiger charge is 2.47. The van der Waals surface area contributed by atoms with E-state index in [1.165, 1.54) is 57.8 Å². The van der Waals surface area contributed by atoms with E-state index in [1.807, 2.05) is 6.08 Å². The minimum atomic E-state index is -1.78. The number of carbonyl (C=O) groups is 2. The first-order chi connectivity index (χ1) is 33.0. The molecule has 2 fully saturated rings. The fourth-order valence-electron chi connectivity index (χ4n) is 7.67. The molecule has 0 bridgehead atoms. The summed E-state index contributed by atoms with van der Waals surface area (Å²) in [5.41, 5.74) is 0. The van der Waals surface area contributed by atoms with Crippen molar-refractivity contribution in [2.24, 2.45) is 0 Å². The Morgan fingerprint density at radius 2 is 0.897 bits per heavy atom. The molecule has 15 heteroatoms. The predicted octanol–water partition coefficient (Wildman–Crippen LogP) is 7.27. The number of unbranched alkanes of at least 4 members (excludes halogenated alkanes) is 15. The average molecular weight is 967 g/mol. The summed E-state index contributed by atoms with van der Waals surface area (Å²) >= 11 is 0.